The van der Waals surface area contributed by atoms with Crippen LogP contribution in [0.5, 0.6) is 0 Å². The third kappa shape index (κ3) is 1.11. The maximum atomic E-state index is 13.9. The molecule has 2 rings (SSSR count). The van der Waals surface area contributed by atoms with Crippen molar-refractivity contribution in [1.29, 1.82) is 0 Å². The van der Waals surface area contributed by atoms with Crippen molar-refractivity contribution in [1.82, 2.24) is 0 Å². The Hall–Kier alpha value is -1.00. The van der Waals surface area contributed by atoms with Crippen molar-refractivity contribution in [2.24, 2.45) is 5.92 Å². The molecule has 88 valence electrons. The Morgan fingerprint density at radius 3 is 2.38 bits per heavy atom. The van der Waals surface area contributed by atoms with Crippen LogP contribution in [-0.4, -0.2) is 16.1 Å². The third-order valence-electron chi connectivity index (χ3n) is 3.35. The van der Waals surface area contributed by atoms with Crippen molar-refractivity contribution in [3.05, 3.63) is 35.4 Å². The first-order chi connectivity index (χ1) is 7.33. The minimum atomic E-state index is -3.55. The van der Waals surface area contributed by atoms with Crippen molar-refractivity contribution in [2.75, 3.05) is 0 Å². The summed E-state index contributed by atoms with van der Waals surface area (Å²) in [6, 6.07) is 6.03. The first-order valence-electron chi connectivity index (χ1n) is 5.21. The maximum Gasteiger partial charge on any atom is 0.309 e. The summed E-state index contributed by atoms with van der Waals surface area (Å²) in [5.74, 6) is -4.23. The lowest BCUT2D eigenvalue weighted by atomic mass is 9.82. The van der Waals surface area contributed by atoms with Crippen molar-refractivity contribution in [3.8, 4) is 0 Å². The number of halogens is 2. The molecule has 0 radical (unpaired) electrons. The van der Waals surface area contributed by atoms with Gasteiger partial charge in [0.2, 0.25) is 0 Å². The van der Waals surface area contributed by atoms with Gasteiger partial charge < -0.3 is 10.2 Å². The van der Waals surface area contributed by atoms with E-state index >= 15 is 0 Å². The summed E-state index contributed by atoms with van der Waals surface area (Å²) in [5, 5.41) is 19.8. The molecule has 1 aromatic carbocycles. The Bertz CT molecular complexity index is 417. The van der Waals surface area contributed by atoms with E-state index in [1.807, 2.05) is 0 Å². The number of hydrogen-bond acceptors (Lipinski definition) is 2. The predicted molar refractivity (Wildman–Crippen MR) is 55.1 cm³/mol. The van der Waals surface area contributed by atoms with Crippen molar-refractivity contribution >= 4 is 0 Å². The molecule has 2 N–H and O–H groups in total. The van der Waals surface area contributed by atoms with Crippen LogP contribution in [0.3, 0.4) is 0 Å². The van der Waals surface area contributed by atoms with Crippen molar-refractivity contribution < 1.29 is 19.0 Å². The average molecular weight is 228 g/mol. The van der Waals surface area contributed by atoms with E-state index in [2.05, 4.69) is 0 Å². The number of alkyl halides is 2. The number of fused-ring (bicyclic) bond motifs is 1. The fourth-order valence-electron chi connectivity index (χ4n) is 2.36. The van der Waals surface area contributed by atoms with Crippen LogP contribution in [0.4, 0.5) is 8.78 Å². The fourth-order valence-corrected chi connectivity index (χ4v) is 2.36. The second kappa shape index (κ2) is 3.25. The summed E-state index contributed by atoms with van der Waals surface area (Å²) in [5.41, 5.74) is -2.05. The quantitative estimate of drug-likeness (QED) is 0.773. The number of hydrogen-bond donors (Lipinski definition) is 2. The lowest BCUT2D eigenvalue weighted by Crippen LogP contribution is -2.47. The van der Waals surface area contributed by atoms with Gasteiger partial charge in [0.05, 0.1) is 0 Å². The van der Waals surface area contributed by atoms with E-state index in [-0.39, 0.29) is 11.1 Å². The molecule has 1 aliphatic rings. The van der Waals surface area contributed by atoms with Gasteiger partial charge in [0.1, 0.15) is 6.10 Å². The van der Waals surface area contributed by atoms with Crippen LogP contribution in [0.15, 0.2) is 24.3 Å². The molecular formula is C12H14F2O2. The van der Waals surface area contributed by atoms with Crippen LogP contribution >= 0.6 is 0 Å². The van der Waals surface area contributed by atoms with Crippen molar-refractivity contribution in [2.45, 2.75) is 31.5 Å². The molecule has 1 aliphatic carbocycles. The van der Waals surface area contributed by atoms with Gasteiger partial charge in [-0.15, -0.1) is 0 Å². The smallest absolute Gasteiger partial charge is 0.309 e. The fraction of sp³-hybridized carbons (Fsp3) is 0.500. The van der Waals surface area contributed by atoms with Crippen molar-refractivity contribution in [3.63, 3.8) is 0 Å². The highest BCUT2D eigenvalue weighted by Crippen LogP contribution is 2.57. The van der Waals surface area contributed by atoms with Crippen LogP contribution in [0, 0.1) is 5.92 Å². The average Bonchev–Trinajstić information content (AvgIpc) is 2.40. The molecule has 16 heavy (non-hydrogen) atoms. The SMILES string of the molecule is CC(C)C1(O)c2ccccc2C(O)C1(F)F. The van der Waals surface area contributed by atoms with E-state index in [0.717, 1.165) is 0 Å². The zero-order valence-electron chi connectivity index (χ0n) is 9.11. The molecule has 0 amide bonds. The number of benzene rings is 1. The summed E-state index contributed by atoms with van der Waals surface area (Å²) < 4.78 is 27.9. The molecule has 1 aromatic rings. The predicted octanol–water partition coefficient (Wildman–Crippen LogP) is 2.21. The van der Waals surface area contributed by atoms with Crippen LogP contribution in [0.2, 0.25) is 0 Å². The van der Waals surface area contributed by atoms with Gasteiger partial charge in [0, 0.05) is 0 Å². The lowest BCUT2D eigenvalue weighted by molar-refractivity contribution is -0.240. The standard InChI is InChI=1S/C12H14F2O2/c1-7(2)11(16)9-6-4-3-5-8(9)10(15)12(11,13)14/h3-7,10,15-16H,1-2H3. The largest absolute Gasteiger partial charge is 0.382 e. The molecule has 0 spiro atoms. The molecule has 2 atom stereocenters. The highest BCUT2D eigenvalue weighted by Gasteiger charge is 2.66. The minimum absolute atomic E-state index is 0.115. The van der Waals surface area contributed by atoms with E-state index in [1.54, 1.807) is 12.1 Å². The third-order valence-corrected chi connectivity index (χ3v) is 3.35. The van der Waals surface area contributed by atoms with Crippen LogP contribution in [0.25, 0.3) is 0 Å². The molecule has 0 bridgehead atoms. The van der Waals surface area contributed by atoms with E-state index in [9.17, 15) is 19.0 Å². The van der Waals surface area contributed by atoms with Gasteiger partial charge >= 0.3 is 5.92 Å². The summed E-state index contributed by atoms with van der Waals surface area (Å²) in [6.45, 7) is 3.03. The van der Waals surface area contributed by atoms with Crippen LogP contribution < -0.4 is 0 Å². The van der Waals surface area contributed by atoms with E-state index in [4.69, 9.17) is 0 Å². The number of aliphatic hydroxyl groups excluding tert-OH is 1. The highest BCUT2D eigenvalue weighted by molar-refractivity contribution is 5.43. The Kier molecular flexibility index (Phi) is 2.33. The molecule has 0 aliphatic heterocycles. The summed E-state index contributed by atoms with van der Waals surface area (Å²) >= 11 is 0. The van der Waals surface area contributed by atoms with E-state index in [1.165, 1.54) is 26.0 Å². The molecule has 0 fully saturated rings. The Labute approximate surface area is 92.5 Å². The topological polar surface area (TPSA) is 40.5 Å². The van der Waals surface area contributed by atoms with Gasteiger partial charge in [0.25, 0.3) is 0 Å². The zero-order chi connectivity index (χ0) is 12.1. The minimum Gasteiger partial charge on any atom is -0.382 e. The van der Waals surface area contributed by atoms with Gasteiger partial charge in [-0.3, -0.25) is 0 Å². The molecule has 2 unspecified atom stereocenters. The Balaban J connectivity index is 2.70. The summed E-state index contributed by atoms with van der Waals surface area (Å²) in [4.78, 5) is 0. The van der Waals surface area contributed by atoms with Crippen LogP contribution in [0.1, 0.15) is 31.1 Å². The second-order valence-electron chi connectivity index (χ2n) is 4.53. The molecule has 0 heterocycles. The van der Waals surface area contributed by atoms with Gasteiger partial charge in [-0.05, 0) is 17.0 Å². The van der Waals surface area contributed by atoms with Crippen LogP contribution in [-0.2, 0) is 5.60 Å². The van der Waals surface area contributed by atoms with Gasteiger partial charge in [0.15, 0.2) is 5.60 Å². The zero-order valence-corrected chi connectivity index (χ0v) is 9.11. The Morgan fingerprint density at radius 2 is 1.81 bits per heavy atom. The molecule has 0 saturated carbocycles. The monoisotopic (exact) mass is 228 g/mol. The molecule has 2 nitrogen and oxygen atoms in total. The highest BCUT2D eigenvalue weighted by atomic mass is 19.3. The van der Waals surface area contributed by atoms with E-state index in [0.29, 0.717) is 0 Å². The van der Waals surface area contributed by atoms with Gasteiger partial charge in [-0.1, -0.05) is 38.1 Å². The Morgan fingerprint density at radius 1 is 1.25 bits per heavy atom. The van der Waals surface area contributed by atoms with Gasteiger partial charge in [-0.25, -0.2) is 0 Å². The molecular weight excluding hydrogens is 214 g/mol. The molecule has 0 aromatic heterocycles. The first kappa shape index (κ1) is 11.5. The molecule has 0 saturated heterocycles. The molecule has 4 heteroatoms. The van der Waals surface area contributed by atoms with E-state index < -0.39 is 23.5 Å². The summed E-state index contributed by atoms with van der Waals surface area (Å²) in [6.07, 6.45) is -1.93. The number of aliphatic hydroxyl groups is 2. The number of rotatable bonds is 1. The maximum absolute atomic E-state index is 13.9. The van der Waals surface area contributed by atoms with Gasteiger partial charge in [-0.2, -0.15) is 8.78 Å². The normalized spacial score (nSPS) is 31.8. The first-order valence-corrected chi connectivity index (χ1v) is 5.21. The lowest BCUT2D eigenvalue weighted by Gasteiger charge is -2.35. The summed E-state index contributed by atoms with van der Waals surface area (Å²) in [7, 11) is 0. The second-order valence-corrected chi connectivity index (χ2v) is 4.53.